The molecule has 0 fully saturated rings. The molecule has 2 amide bonds. The Bertz CT molecular complexity index is 1380. The Morgan fingerprint density at radius 3 is 2.44 bits per heavy atom. The lowest BCUT2D eigenvalue weighted by molar-refractivity contribution is -0.133. The Labute approximate surface area is 225 Å². The van der Waals surface area contributed by atoms with E-state index in [2.05, 4.69) is 5.10 Å². The molecule has 0 radical (unpaired) electrons. The number of carbonyl (C=O) groups excluding carboxylic acids is 2. The van der Waals surface area contributed by atoms with Gasteiger partial charge in [-0.05, 0) is 42.0 Å². The number of hydrogen-bond donors (Lipinski definition) is 0. The minimum Gasteiger partial charge on any atom is -0.493 e. The second kappa shape index (κ2) is 12.5. The maximum atomic E-state index is 14.7. The van der Waals surface area contributed by atoms with Gasteiger partial charge in [-0.1, -0.05) is 30.3 Å². The van der Waals surface area contributed by atoms with E-state index < -0.39 is 29.5 Å². The van der Waals surface area contributed by atoms with Crippen LogP contribution in [0, 0.1) is 11.6 Å². The number of hydrogen-bond acceptors (Lipinski definition) is 6. The summed E-state index contributed by atoms with van der Waals surface area (Å²) in [5, 5.41) is 5.78. The van der Waals surface area contributed by atoms with Crippen LogP contribution in [0.4, 0.5) is 8.78 Å². The molecule has 1 aliphatic heterocycles. The standard InChI is InChI=1S/C29H29F2N3O5/c1-37-14-13-33(29(36)20-7-6-8-21(30)15-20)18-28(35)34-25(19-11-12-26(38-2)27(16-19)39-3)17-24(32-34)22-9-4-5-10-23(22)31/h4-12,15-16,25H,13-14,17-18H2,1-3H3. The zero-order chi connectivity index (χ0) is 27.9. The lowest BCUT2D eigenvalue weighted by atomic mass is 9.97. The summed E-state index contributed by atoms with van der Waals surface area (Å²) in [6, 6.07) is 16.1. The normalized spacial score (nSPS) is 14.6. The first-order valence-electron chi connectivity index (χ1n) is 12.3. The molecule has 204 valence electrons. The van der Waals surface area contributed by atoms with Crippen molar-refractivity contribution in [3.8, 4) is 11.5 Å². The lowest BCUT2D eigenvalue weighted by Crippen LogP contribution is -2.42. The fourth-order valence-electron chi connectivity index (χ4n) is 4.41. The van der Waals surface area contributed by atoms with Crippen LogP contribution in [0.25, 0.3) is 0 Å². The molecule has 1 heterocycles. The van der Waals surface area contributed by atoms with E-state index in [1.807, 2.05) is 0 Å². The molecule has 4 rings (SSSR count). The fraction of sp³-hybridized carbons (Fsp3) is 0.276. The molecule has 1 atom stereocenters. The molecule has 10 heteroatoms. The highest BCUT2D eigenvalue weighted by molar-refractivity contribution is 6.04. The number of benzene rings is 3. The third kappa shape index (κ3) is 6.23. The molecule has 1 unspecified atom stereocenters. The van der Waals surface area contributed by atoms with Crippen LogP contribution < -0.4 is 9.47 Å². The van der Waals surface area contributed by atoms with E-state index in [-0.39, 0.29) is 37.2 Å². The van der Waals surface area contributed by atoms with Gasteiger partial charge < -0.3 is 19.1 Å². The number of rotatable bonds is 10. The van der Waals surface area contributed by atoms with Crippen LogP contribution in [-0.4, -0.2) is 68.5 Å². The second-order valence-electron chi connectivity index (χ2n) is 8.83. The number of carbonyl (C=O) groups is 2. The van der Waals surface area contributed by atoms with Crippen LogP contribution in [0.2, 0.25) is 0 Å². The monoisotopic (exact) mass is 537 g/mol. The smallest absolute Gasteiger partial charge is 0.262 e. The topological polar surface area (TPSA) is 80.7 Å². The van der Waals surface area contributed by atoms with Crippen molar-refractivity contribution in [2.75, 3.05) is 41.0 Å². The highest BCUT2D eigenvalue weighted by atomic mass is 19.1. The average molecular weight is 538 g/mol. The Morgan fingerprint density at radius 1 is 0.974 bits per heavy atom. The highest BCUT2D eigenvalue weighted by Gasteiger charge is 2.35. The SMILES string of the molecule is COCCN(CC(=O)N1N=C(c2ccccc2F)CC1c1ccc(OC)c(OC)c1)C(=O)c1cccc(F)c1. The number of amides is 2. The molecular formula is C29H29F2N3O5. The van der Waals surface area contributed by atoms with Gasteiger partial charge in [0.05, 0.1) is 32.6 Å². The van der Waals surface area contributed by atoms with Gasteiger partial charge in [0.2, 0.25) is 0 Å². The average Bonchev–Trinajstić information content (AvgIpc) is 3.40. The third-order valence-corrected chi connectivity index (χ3v) is 6.39. The Balaban J connectivity index is 1.68. The first-order chi connectivity index (χ1) is 18.9. The van der Waals surface area contributed by atoms with Crippen molar-refractivity contribution in [3.63, 3.8) is 0 Å². The summed E-state index contributed by atoms with van der Waals surface area (Å²) in [7, 11) is 4.50. The minimum atomic E-state index is -0.597. The highest BCUT2D eigenvalue weighted by Crippen LogP contribution is 2.37. The molecule has 39 heavy (non-hydrogen) atoms. The summed E-state index contributed by atoms with van der Waals surface area (Å²) in [5.74, 6) is -1.07. The van der Waals surface area contributed by atoms with Crippen molar-refractivity contribution < 1.29 is 32.6 Å². The van der Waals surface area contributed by atoms with Gasteiger partial charge in [-0.2, -0.15) is 5.10 Å². The van der Waals surface area contributed by atoms with Gasteiger partial charge >= 0.3 is 0 Å². The molecule has 3 aromatic rings. The van der Waals surface area contributed by atoms with E-state index in [9.17, 15) is 18.4 Å². The first-order valence-corrected chi connectivity index (χ1v) is 12.3. The molecule has 0 bridgehead atoms. The predicted molar refractivity (Wildman–Crippen MR) is 141 cm³/mol. The van der Waals surface area contributed by atoms with Crippen molar-refractivity contribution in [2.24, 2.45) is 5.10 Å². The molecule has 0 spiro atoms. The van der Waals surface area contributed by atoms with Gasteiger partial charge in [0.1, 0.15) is 18.2 Å². The van der Waals surface area contributed by atoms with E-state index in [1.165, 1.54) is 55.5 Å². The van der Waals surface area contributed by atoms with E-state index in [4.69, 9.17) is 14.2 Å². The number of halogens is 2. The van der Waals surface area contributed by atoms with Crippen LogP contribution in [0.3, 0.4) is 0 Å². The summed E-state index contributed by atoms with van der Waals surface area (Å²) >= 11 is 0. The number of nitrogens with zero attached hydrogens (tertiary/aromatic N) is 3. The molecule has 0 saturated heterocycles. The van der Waals surface area contributed by atoms with Gasteiger partial charge in [-0.25, -0.2) is 13.8 Å². The van der Waals surface area contributed by atoms with Crippen LogP contribution in [0.15, 0.2) is 71.8 Å². The van der Waals surface area contributed by atoms with Crippen molar-refractivity contribution in [1.29, 1.82) is 0 Å². The molecule has 8 nitrogen and oxygen atoms in total. The first kappa shape index (κ1) is 27.7. The van der Waals surface area contributed by atoms with Crippen LogP contribution in [0.1, 0.15) is 33.9 Å². The molecule has 3 aromatic carbocycles. The van der Waals surface area contributed by atoms with Crippen molar-refractivity contribution in [1.82, 2.24) is 9.91 Å². The molecular weight excluding hydrogens is 508 g/mol. The maximum absolute atomic E-state index is 14.7. The van der Waals surface area contributed by atoms with Gasteiger partial charge in [0.25, 0.3) is 11.8 Å². The van der Waals surface area contributed by atoms with Crippen LogP contribution >= 0.6 is 0 Å². The Morgan fingerprint density at radius 2 is 1.74 bits per heavy atom. The maximum Gasteiger partial charge on any atom is 0.262 e. The van der Waals surface area contributed by atoms with E-state index in [0.717, 1.165) is 6.07 Å². The molecule has 0 aromatic heterocycles. The largest absolute Gasteiger partial charge is 0.493 e. The molecule has 0 N–H and O–H groups in total. The van der Waals surface area contributed by atoms with Crippen molar-refractivity contribution in [2.45, 2.75) is 12.5 Å². The fourth-order valence-corrected chi connectivity index (χ4v) is 4.41. The van der Waals surface area contributed by atoms with Crippen LogP contribution in [0.5, 0.6) is 11.5 Å². The van der Waals surface area contributed by atoms with E-state index in [0.29, 0.717) is 22.8 Å². The zero-order valence-electron chi connectivity index (χ0n) is 21.9. The van der Waals surface area contributed by atoms with E-state index >= 15 is 0 Å². The summed E-state index contributed by atoms with van der Waals surface area (Å²) in [4.78, 5) is 28.2. The Kier molecular flexibility index (Phi) is 8.88. The molecule has 0 saturated carbocycles. The second-order valence-corrected chi connectivity index (χ2v) is 8.83. The van der Waals surface area contributed by atoms with Gasteiger partial charge in [-0.15, -0.1) is 0 Å². The summed E-state index contributed by atoms with van der Waals surface area (Å²) < 4.78 is 44.4. The number of ether oxygens (including phenoxy) is 3. The van der Waals surface area contributed by atoms with Crippen molar-refractivity contribution in [3.05, 3.63) is 95.1 Å². The lowest BCUT2D eigenvalue weighted by Gasteiger charge is -2.27. The summed E-state index contributed by atoms with van der Waals surface area (Å²) in [6.45, 7) is -0.0932. The Hall–Kier alpha value is -4.31. The van der Waals surface area contributed by atoms with Gasteiger partial charge in [-0.3, -0.25) is 9.59 Å². The van der Waals surface area contributed by atoms with Crippen molar-refractivity contribution >= 4 is 17.5 Å². The molecule has 0 aliphatic carbocycles. The third-order valence-electron chi connectivity index (χ3n) is 6.39. The number of hydrazone groups is 1. The predicted octanol–water partition coefficient (Wildman–Crippen LogP) is 4.45. The molecule has 1 aliphatic rings. The minimum absolute atomic E-state index is 0.0936. The van der Waals surface area contributed by atoms with Gasteiger partial charge in [0.15, 0.2) is 11.5 Å². The van der Waals surface area contributed by atoms with E-state index in [1.54, 1.807) is 36.4 Å². The summed E-state index contributed by atoms with van der Waals surface area (Å²) in [6.07, 6.45) is 0.234. The van der Waals surface area contributed by atoms with Crippen LogP contribution in [-0.2, 0) is 9.53 Å². The quantitative estimate of drug-likeness (QED) is 0.382. The summed E-state index contributed by atoms with van der Waals surface area (Å²) in [5.41, 5.74) is 1.47. The number of methoxy groups -OCH3 is 3. The zero-order valence-corrected chi connectivity index (χ0v) is 21.9. The van der Waals surface area contributed by atoms with Gasteiger partial charge in [0, 0.05) is 31.2 Å².